The van der Waals surface area contributed by atoms with Crippen molar-refractivity contribution in [3.8, 4) is 17.3 Å². The van der Waals surface area contributed by atoms with Crippen LogP contribution in [-0.2, 0) is 11.3 Å². The van der Waals surface area contributed by atoms with Gasteiger partial charge in [-0.05, 0) is 48.7 Å². The largest absolute Gasteiger partial charge is 0.383 e. The van der Waals surface area contributed by atoms with Crippen LogP contribution in [0, 0.1) is 11.3 Å². The monoisotopic (exact) mass is 506 g/mol. The summed E-state index contributed by atoms with van der Waals surface area (Å²) >= 11 is 0. The molecule has 10 heteroatoms. The molecule has 10 nitrogen and oxygen atoms in total. The summed E-state index contributed by atoms with van der Waals surface area (Å²) in [6.07, 6.45) is 4.44. The van der Waals surface area contributed by atoms with E-state index in [4.69, 9.17) is 16.1 Å². The number of anilines is 1. The second kappa shape index (κ2) is 10.5. The number of likely N-dealkylation sites (tertiary alicyclic amines) is 1. The zero-order valence-electron chi connectivity index (χ0n) is 20.7. The first-order chi connectivity index (χ1) is 18.5. The van der Waals surface area contributed by atoms with Crippen LogP contribution in [0.3, 0.4) is 0 Å². The minimum Gasteiger partial charge on any atom is -0.383 e. The number of nitrogen functional groups attached to an aromatic ring is 1. The first-order valence-electron chi connectivity index (χ1n) is 12.3. The number of piperidine rings is 1. The van der Waals surface area contributed by atoms with E-state index in [0.717, 1.165) is 24.0 Å². The van der Waals surface area contributed by atoms with Gasteiger partial charge in [-0.3, -0.25) is 9.59 Å². The van der Waals surface area contributed by atoms with E-state index in [2.05, 4.69) is 21.9 Å². The lowest BCUT2D eigenvalue weighted by atomic mass is 10.1. The molecule has 1 aliphatic rings. The lowest BCUT2D eigenvalue weighted by molar-refractivity contribution is -0.127. The van der Waals surface area contributed by atoms with Crippen molar-refractivity contribution in [2.45, 2.75) is 25.4 Å². The molecule has 1 saturated heterocycles. The Kier molecular flexibility index (Phi) is 6.82. The van der Waals surface area contributed by atoms with Crippen molar-refractivity contribution in [3.05, 3.63) is 84.2 Å². The van der Waals surface area contributed by atoms with Crippen molar-refractivity contribution < 1.29 is 9.59 Å². The Morgan fingerprint density at radius 2 is 2.05 bits per heavy atom. The Morgan fingerprint density at radius 1 is 1.21 bits per heavy atom. The summed E-state index contributed by atoms with van der Waals surface area (Å²) < 4.78 is 1.85. The molecule has 0 bridgehead atoms. The maximum Gasteiger partial charge on any atom is 0.251 e. The van der Waals surface area contributed by atoms with E-state index in [1.165, 1.54) is 12.4 Å². The smallest absolute Gasteiger partial charge is 0.251 e. The average Bonchev–Trinajstić information content (AvgIpc) is 3.37. The van der Waals surface area contributed by atoms with Crippen LogP contribution in [0.15, 0.2) is 67.5 Å². The molecule has 0 spiro atoms. The third kappa shape index (κ3) is 4.82. The van der Waals surface area contributed by atoms with E-state index < -0.39 is 0 Å². The van der Waals surface area contributed by atoms with Gasteiger partial charge in [0.2, 0.25) is 5.91 Å². The molecule has 0 aliphatic carbocycles. The van der Waals surface area contributed by atoms with Crippen molar-refractivity contribution >= 4 is 28.7 Å². The van der Waals surface area contributed by atoms with Crippen LogP contribution in [0.25, 0.3) is 22.3 Å². The standard InChI is InChI=1S/C28H26N8O2/c1-2-23(37)35-11-5-10-22(16-35)36-27-24(26(30)32-17-33-27)25(34-36)20-8-4-7-19(13-20)15-31-28(38)21-9-3-6-18(12-21)14-29/h2-4,6-9,12-13,17,22H,1,5,10-11,15-16H2,(H,31,38)(H2,30,32,33). The van der Waals surface area contributed by atoms with Crippen LogP contribution in [0.4, 0.5) is 5.82 Å². The van der Waals surface area contributed by atoms with E-state index in [1.807, 2.05) is 35.0 Å². The molecule has 4 aromatic rings. The molecule has 38 heavy (non-hydrogen) atoms. The summed E-state index contributed by atoms with van der Waals surface area (Å²) in [7, 11) is 0. The van der Waals surface area contributed by atoms with Gasteiger partial charge in [0.15, 0.2) is 5.65 Å². The molecule has 1 unspecified atom stereocenters. The van der Waals surface area contributed by atoms with E-state index >= 15 is 0 Å². The second-order valence-corrected chi connectivity index (χ2v) is 9.11. The Balaban J connectivity index is 1.44. The first kappa shape index (κ1) is 24.6. The third-order valence-corrected chi connectivity index (χ3v) is 6.65. The average molecular weight is 507 g/mol. The summed E-state index contributed by atoms with van der Waals surface area (Å²) in [5.41, 5.74) is 10.1. The topological polar surface area (TPSA) is 143 Å². The van der Waals surface area contributed by atoms with E-state index in [1.54, 1.807) is 29.2 Å². The minimum absolute atomic E-state index is 0.0650. The van der Waals surface area contributed by atoms with Crippen LogP contribution in [0.5, 0.6) is 0 Å². The van der Waals surface area contributed by atoms with Crippen molar-refractivity contribution in [2.24, 2.45) is 0 Å². The Morgan fingerprint density at radius 3 is 2.87 bits per heavy atom. The molecular formula is C28H26N8O2. The molecule has 5 rings (SSSR count). The predicted octanol–water partition coefficient (Wildman–Crippen LogP) is 3.23. The van der Waals surface area contributed by atoms with E-state index in [9.17, 15) is 9.59 Å². The van der Waals surface area contributed by atoms with E-state index in [-0.39, 0.29) is 24.4 Å². The fourth-order valence-corrected chi connectivity index (χ4v) is 4.78. The number of rotatable bonds is 6. The summed E-state index contributed by atoms with van der Waals surface area (Å²) in [6, 6.07) is 16.2. The number of carbonyl (C=O) groups is 2. The number of benzene rings is 2. The summed E-state index contributed by atoms with van der Waals surface area (Å²) in [5, 5.41) is 17.6. The number of aromatic nitrogens is 4. The third-order valence-electron chi connectivity index (χ3n) is 6.65. The fraction of sp³-hybridized carbons (Fsp3) is 0.214. The molecule has 0 saturated carbocycles. The van der Waals surface area contributed by atoms with E-state index in [0.29, 0.717) is 46.8 Å². The van der Waals surface area contributed by atoms with Crippen molar-refractivity contribution in [1.29, 1.82) is 5.26 Å². The van der Waals surface area contributed by atoms with Gasteiger partial charge in [0.1, 0.15) is 17.8 Å². The number of nitrogens with two attached hydrogens (primary N) is 1. The van der Waals surface area contributed by atoms with Crippen LogP contribution < -0.4 is 11.1 Å². The second-order valence-electron chi connectivity index (χ2n) is 9.11. The van der Waals surface area contributed by atoms with Gasteiger partial charge in [-0.2, -0.15) is 10.4 Å². The molecule has 1 atom stereocenters. The molecular weight excluding hydrogens is 480 g/mol. The zero-order valence-corrected chi connectivity index (χ0v) is 20.7. The van der Waals surface area contributed by atoms with Gasteiger partial charge in [0, 0.05) is 30.8 Å². The Hall–Kier alpha value is -5.04. The molecule has 190 valence electrons. The van der Waals surface area contributed by atoms with Gasteiger partial charge in [-0.25, -0.2) is 14.6 Å². The highest BCUT2D eigenvalue weighted by Crippen LogP contribution is 2.34. The highest BCUT2D eigenvalue weighted by molar-refractivity contribution is 5.98. The van der Waals surface area contributed by atoms with Gasteiger partial charge in [-0.15, -0.1) is 0 Å². The molecule has 3 N–H and O–H groups in total. The summed E-state index contributed by atoms with van der Waals surface area (Å²) in [5.74, 6) is -0.0485. The van der Waals surface area contributed by atoms with Gasteiger partial charge in [0.25, 0.3) is 5.91 Å². The molecule has 2 aromatic carbocycles. The van der Waals surface area contributed by atoms with Gasteiger partial charge < -0.3 is 16.0 Å². The maximum atomic E-state index is 12.6. The number of amides is 2. The van der Waals surface area contributed by atoms with Crippen molar-refractivity contribution in [2.75, 3.05) is 18.8 Å². The predicted molar refractivity (Wildman–Crippen MR) is 143 cm³/mol. The van der Waals surface area contributed by atoms with Crippen LogP contribution in [0.2, 0.25) is 0 Å². The number of nitrogens with zero attached hydrogens (tertiary/aromatic N) is 6. The Labute approximate surface area is 219 Å². The normalized spacial score (nSPS) is 15.1. The highest BCUT2D eigenvalue weighted by atomic mass is 16.2. The lowest BCUT2D eigenvalue weighted by Gasteiger charge is -2.32. The number of hydrogen-bond donors (Lipinski definition) is 2. The quantitative estimate of drug-likeness (QED) is 0.382. The van der Waals surface area contributed by atoms with Crippen LogP contribution >= 0.6 is 0 Å². The molecule has 1 fully saturated rings. The molecule has 2 amide bonds. The van der Waals surface area contributed by atoms with Gasteiger partial charge in [-0.1, -0.05) is 30.8 Å². The van der Waals surface area contributed by atoms with Crippen molar-refractivity contribution in [1.82, 2.24) is 30.0 Å². The highest BCUT2D eigenvalue weighted by Gasteiger charge is 2.28. The summed E-state index contributed by atoms with van der Waals surface area (Å²) in [4.78, 5) is 35.3. The van der Waals surface area contributed by atoms with Crippen LogP contribution in [-0.4, -0.2) is 49.6 Å². The minimum atomic E-state index is -0.268. The first-order valence-corrected chi connectivity index (χ1v) is 12.3. The summed E-state index contributed by atoms with van der Waals surface area (Å²) in [6.45, 7) is 5.08. The fourth-order valence-electron chi connectivity index (χ4n) is 4.78. The van der Waals surface area contributed by atoms with Gasteiger partial charge >= 0.3 is 0 Å². The number of nitriles is 1. The SMILES string of the molecule is C=CC(=O)N1CCCC(n2nc(-c3cccc(CNC(=O)c4cccc(C#N)c4)c3)c3c(N)ncnc32)C1. The molecule has 3 heterocycles. The van der Waals surface area contributed by atoms with Crippen LogP contribution in [0.1, 0.15) is 40.4 Å². The number of nitrogens with one attached hydrogen (secondary N) is 1. The molecule has 2 aromatic heterocycles. The van der Waals surface area contributed by atoms with Gasteiger partial charge in [0.05, 0.1) is 23.1 Å². The zero-order chi connectivity index (χ0) is 26.6. The molecule has 1 aliphatic heterocycles. The number of hydrogen-bond acceptors (Lipinski definition) is 7. The number of fused-ring (bicyclic) bond motifs is 1. The number of carbonyl (C=O) groups excluding carboxylic acids is 2. The maximum absolute atomic E-state index is 12.6. The van der Waals surface area contributed by atoms with Crippen molar-refractivity contribution in [3.63, 3.8) is 0 Å². The molecule has 0 radical (unpaired) electrons. The Bertz CT molecular complexity index is 1590. The lowest BCUT2D eigenvalue weighted by Crippen LogP contribution is -2.40.